The first-order valence-electron chi connectivity index (χ1n) is 8.86. The summed E-state index contributed by atoms with van der Waals surface area (Å²) in [5, 5.41) is 13.1. The normalized spacial score (nSPS) is 15.7. The standard InChI is InChI=1S/C18H30N2O9/c1-9(8-26-11(3)21)16(27-12(4)22)18(29-14(6)24)17(28-13(5)23)15(25)7-20-10(2)19/h9,15-18,20,25H,2,7-8,19H2,1,3-6H3. The van der Waals surface area contributed by atoms with Crippen molar-refractivity contribution in [3.05, 3.63) is 12.4 Å². The quantitative estimate of drug-likeness (QED) is 0.273. The maximum atomic E-state index is 11.7. The second-order valence-electron chi connectivity index (χ2n) is 6.48. The van der Waals surface area contributed by atoms with Crippen LogP contribution in [0.15, 0.2) is 12.4 Å². The highest BCUT2D eigenvalue weighted by molar-refractivity contribution is 5.68. The molecule has 0 aromatic carbocycles. The van der Waals surface area contributed by atoms with Gasteiger partial charge in [-0.1, -0.05) is 13.5 Å². The molecule has 0 bridgehead atoms. The highest BCUT2D eigenvalue weighted by Crippen LogP contribution is 2.23. The van der Waals surface area contributed by atoms with Gasteiger partial charge in [0.2, 0.25) is 0 Å². The maximum absolute atomic E-state index is 11.7. The van der Waals surface area contributed by atoms with Gasteiger partial charge in [-0.3, -0.25) is 19.2 Å². The number of carbonyl (C=O) groups is 4. The van der Waals surface area contributed by atoms with Gasteiger partial charge in [0.15, 0.2) is 12.2 Å². The molecule has 4 N–H and O–H groups in total. The number of rotatable bonds is 12. The minimum atomic E-state index is -1.42. The second kappa shape index (κ2) is 12.6. The van der Waals surface area contributed by atoms with Crippen molar-refractivity contribution in [3.63, 3.8) is 0 Å². The van der Waals surface area contributed by atoms with Crippen molar-refractivity contribution in [1.82, 2.24) is 5.32 Å². The molecule has 0 aromatic heterocycles. The van der Waals surface area contributed by atoms with E-state index in [9.17, 15) is 24.3 Å². The third-order valence-corrected chi connectivity index (χ3v) is 3.58. The summed E-state index contributed by atoms with van der Waals surface area (Å²) >= 11 is 0. The van der Waals surface area contributed by atoms with Crippen molar-refractivity contribution in [1.29, 1.82) is 0 Å². The number of aliphatic hydroxyl groups is 1. The molecule has 0 amide bonds. The minimum absolute atomic E-state index is 0.0504. The summed E-state index contributed by atoms with van der Waals surface area (Å²) in [6.45, 7) is 9.17. The Bertz CT molecular complexity index is 564. The molecule has 0 radical (unpaired) electrons. The van der Waals surface area contributed by atoms with Crippen LogP contribution in [-0.4, -0.2) is 66.6 Å². The molecule has 11 heteroatoms. The van der Waals surface area contributed by atoms with Gasteiger partial charge in [0, 0.05) is 40.2 Å². The van der Waals surface area contributed by atoms with Gasteiger partial charge < -0.3 is 35.1 Å². The molecule has 166 valence electrons. The van der Waals surface area contributed by atoms with Crippen LogP contribution in [0.3, 0.4) is 0 Å². The van der Waals surface area contributed by atoms with Gasteiger partial charge in [-0.05, 0) is 0 Å². The Balaban J connectivity index is 5.95. The number of hydrogen-bond donors (Lipinski definition) is 3. The molecule has 5 unspecified atom stereocenters. The lowest BCUT2D eigenvalue weighted by atomic mass is 9.93. The molecule has 5 atom stereocenters. The zero-order chi connectivity index (χ0) is 22.7. The molecule has 0 aliphatic heterocycles. The minimum Gasteiger partial charge on any atom is -0.465 e. The molecule has 0 spiro atoms. The van der Waals surface area contributed by atoms with Crippen LogP contribution in [0.4, 0.5) is 0 Å². The van der Waals surface area contributed by atoms with Gasteiger partial charge in [0.05, 0.1) is 12.4 Å². The molecular weight excluding hydrogens is 388 g/mol. The number of ether oxygens (including phenoxy) is 4. The lowest BCUT2D eigenvalue weighted by Crippen LogP contribution is -2.55. The maximum Gasteiger partial charge on any atom is 0.303 e. The smallest absolute Gasteiger partial charge is 0.303 e. The second-order valence-corrected chi connectivity index (χ2v) is 6.48. The molecule has 11 nitrogen and oxygen atoms in total. The zero-order valence-corrected chi connectivity index (χ0v) is 17.3. The van der Waals surface area contributed by atoms with E-state index in [0.717, 1.165) is 20.8 Å². The van der Waals surface area contributed by atoms with E-state index in [0.29, 0.717) is 0 Å². The topological polar surface area (TPSA) is 163 Å². The van der Waals surface area contributed by atoms with E-state index >= 15 is 0 Å². The van der Waals surface area contributed by atoms with E-state index in [1.54, 1.807) is 6.92 Å². The average molecular weight is 418 g/mol. The first-order chi connectivity index (χ1) is 13.3. The SMILES string of the molecule is C=C(N)NCC(O)C(OC(C)=O)C(OC(C)=O)C(OC(C)=O)C(C)COC(C)=O. The zero-order valence-electron chi connectivity index (χ0n) is 17.3. The molecule has 29 heavy (non-hydrogen) atoms. The Kier molecular flexibility index (Phi) is 11.4. The molecule has 0 aliphatic rings. The number of carbonyl (C=O) groups excluding carboxylic acids is 4. The highest BCUT2D eigenvalue weighted by atomic mass is 16.6. The van der Waals surface area contributed by atoms with Crippen molar-refractivity contribution in [2.75, 3.05) is 13.2 Å². The molecule has 0 saturated heterocycles. The van der Waals surface area contributed by atoms with E-state index in [-0.39, 0.29) is 19.0 Å². The highest BCUT2D eigenvalue weighted by Gasteiger charge is 2.43. The summed E-state index contributed by atoms with van der Waals surface area (Å²) in [6.07, 6.45) is -5.43. The predicted molar refractivity (Wildman–Crippen MR) is 99.8 cm³/mol. The first-order valence-corrected chi connectivity index (χ1v) is 8.86. The molecule has 0 rings (SSSR count). The Morgan fingerprint density at radius 3 is 1.76 bits per heavy atom. The predicted octanol–water partition coefficient (Wildman–Crippen LogP) is -0.639. The van der Waals surface area contributed by atoms with Crippen LogP contribution < -0.4 is 11.1 Å². The van der Waals surface area contributed by atoms with Gasteiger partial charge in [0.1, 0.15) is 12.2 Å². The lowest BCUT2D eigenvalue weighted by Gasteiger charge is -2.36. The number of aliphatic hydroxyl groups excluding tert-OH is 1. The van der Waals surface area contributed by atoms with Crippen LogP contribution in [0.5, 0.6) is 0 Å². The van der Waals surface area contributed by atoms with Crippen LogP contribution in [0.1, 0.15) is 34.6 Å². The molecule has 0 heterocycles. The average Bonchev–Trinajstić information content (AvgIpc) is 2.57. The van der Waals surface area contributed by atoms with Crippen molar-refractivity contribution in [2.45, 2.75) is 59.0 Å². The first kappa shape index (κ1) is 26.2. The van der Waals surface area contributed by atoms with Gasteiger partial charge in [-0.15, -0.1) is 0 Å². The van der Waals surface area contributed by atoms with Crippen LogP contribution in [-0.2, 0) is 38.1 Å². The van der Waals surface area contributed by atoms with E-state index in [4.69, 9.17) is 24.7 Å². The number of hydrogen-bond acceptors (Lipinski definition) is 11. The van der Waals surface area contributed by atoms with Crippen LogP contribution >= 0.6 is 0 Å². The molecular formula is C18H30N2O9. The fraction of sp³-hybridized carbons (Fsp3) is 0.667. The molecule has 0 fully saturated rings. The number of esters is 4. The summed E-state index contributed by atoms with van der Waals surface area (Å²) in [6, 6.07) is 0. The van der Waals surface area contributed by atoms with E-state index < -0.39 is 54.2 Å². The third kappa shape index (κ3) is 10.9. The van der Waals surface area contributed by atoms with E-state index in [2.05, 4.69) is 11.9 Å². The van der Waals surface area contributed by atoms with Gasteiger partial charge in [0.25, 0.3) is 0 Å². The van der Waals surface area contributed by atoms with Crippen LogP contribution in [0.2, 0.25) is 0 Å². The summed E-state index contributed by atoms with van der Waals surface area (Å²) in [4.78, 5) is 46.1. The third-order valence-electron chi connectivity index (χ3n) is 3.58. The van der Waals surface area contributed by atoms with E-state index in [1.165, 1.54) is 6.92 Å². The summed E-state index contributed by atoms with van der Waals surface area (Å²) in [5.41, 5.74) is 5.41. The van der Waals surface area contributed by atoms with Crippen molar-refractivity contribution < 1.29 is 43.2 Å². The Morgan fingerprint density at radius 1 is 0.897 bits per heavy atom. The van der Waals surface area contributed by atoms with Crippen LogP contribution in [0.25, 0.3) is 0 Å². The lowest BCUT2D eigenvalue weighted by molar-refractivity contribution is -0.198. The fourth-order valence-corrected chi connectivity index (χ4v) is 2.46. The van der Waals surface area contributed by atoms with Crippen molar-refractivity contribution >= 4 is 23.9 Å². The van der Waals surface area contributed by atoms with E-state index in [1.807, 2.05) is 0 Å². The Morgan fingerprint density at radius 2 is 1.34 bits per heavy atom. The number of nitrogens with one attached hydrogen (secondary N) is 1. The Hall–Kier alpha value is -2.82. The molecule has 0 aliphatic carbocycles. The van der Waals surface area contributed by atoms with Gasteiger partial charge in [-0.2, -0.15) is 0 Å². The monoisotopic (exact) mass is 418 g/mol. The van der Waals surface area contributed by atoms with Crippen LogP contribution in [0, 0.1) is 5.92 Å². The molecule has 0 aromatic rings. The summed E-state index contributed by atoms with van der Waals surface area (Å²) in [5.74, 6) is -3.44. The largest absolute Gasteiger partial charge is 0.465 e. The fourth-order valence-electron chi connectivity index (χ4n) is 2.46. The Labute approximate surface area is 169 Å². The van der Waals surface area contributed by atoms with Crippen molar-refractivity contribution in [2.24, 2.45) is 11.7 Å². The van der Waals surface area contributed by atoms with Crippen molar-refractivity contribution in [3.8, 4) is 0 Å². The van der Waals surface area contributed by atoms with Gasteiger partial charge >= 0.3 is 23.9 Å². The summed E-state index contributed by atoms with van der Waals surface area (Å²) < 4.78 is 20.6. The number of nitrogens with two attached hydrogens (primary N) is 1. The van der Waals surface area contributed by atoms with Gasteiger partial charge in [-0.25, -0.2) is 0 Å². The summed E-state index contributed by atoms with van der Waals surface area (Å²) in [7, 11) is 0. The molecule has 0 saturated carbocycles.